The predicted octanol–water partition coefficient (Wildman–Crippen LogP) is 1.47. The Morgan fingerprint density at radius 1 is 1.33 bits per heavy atom. The van der Waals surface area contributed by atoms with Crippen molar-refractivity contribution < 1.29 is 26.7 Å². The number of Topliss-reactive ketones (excluding diaryl/α,β-unsaturated/α-hetero) is 2. The van der Waals surface area contributed by atoms with Crippen LogP contribution in [-0.4, -0.2) is 30.1 Å². The molecule has 0 fully saturated rings. The van der Waals surface area contributed by atoms with Crippen molar-refractivity contribution in [2.45, 2.75) is 45.6 Å². The zero-order valence-corrected chi connectivity index (χ0v) is 11.5. The second-order valence-electron chi connectivity index (χ2n) is 4.66. The number of hydrogen-bond acceptors (Lipinski definition) is 5. The SMILES string of the molecule is C=C(C)C(=O)C(=O)CCCC(C)(C)OS(=O)(=O)O. The summed E-state index contributed by atoms with van der Waals surface area (Å²) in [6.07, 6.45) is 0.479. The maximum absolute atomic E-state index is 11.3. The summed E-state index contributed by atoms with van der Waals surface area (Å²) >= 11 is 0. The van der Waals surface area contributed by atoms with Crippen LogP contribution in [0.5, 0.6) is 0 Å². The highest BCUT2D eigenvalue weighted by Crippen LogP contribution is 2.20. The van der Waals surface area contributed by atoms with E-state index in [0.29, 0.717) is 0 Å². The summed E-state index contributed by atoms with van der Waals surface area (Å²) in [6.45, 7) is 7.75. The van der Waals surface area contributed by atoms with Crippen molar-refractivity contribution >= 4 is 22.0 Å². The number of hydrogen-bond donors (Lipinski definition) is 1. The average molecular weight is 278 g/mol. The summed E-state index contributed by atoms with van der Waals surface area (Å²) in [4.78, 5) is 22.5. The van der Waals surface area contributed by atoms with Gasteiger partial charge in [0.05, 0.1) is 5.60 Å². The average Bonchev–Trinajstić information content (AvgIpc) is 2.11. The van der Waals surface area contributed by atoms with Crippen LogP contribution in [-0.2, 0) is 24.2 Å². The van der Waals surface area contributed by atoms with Crippen molar-refractivity contribution in [3.8, 4) is 0 Å². The fraction of sp³-hybridized carbons (Fsp3) is 0.636. The van der Waals surface area contributed by atoms with Crippen LogP contribution in [0.15, 0.2) is 12.2 Å². The first-order valence-corrected chi connectivity index (χ1v) is 6.72. The normalized spacial score (nSPS) is 12.2. The zero-order chi connectivity index (χ0) is 14.6. The third kappa shape index (κ3) is 7.31. The van der Waals surface area contributed by atoms with E-state index >= 15 is 0 Å². The van der Waals surface area contributed by atoms with E-state index in [0.717, 1.165) is 0 Å². The van der Waals surface area contributed by atoms with E-state index in [1.807, 2.05) is 0 Å². The first-order chi connectivity index (χ1) is 7.94. The van der Waals surface area contributed by atoms with Crippen LogP contribution in [0.4, 0.5) is 0 Å². The van der Waals surface area contributed by atoms with E-state index in [2.05, 4.69) is 10.8 Å². The number of ketones is 2. The molecule has 104 valence electrons. The van der Waals surface area contributed by atoms with Crippen LogP contribution in [0.1, 0.15) is 40.0 Å². The van der Waals surface area contributed by atoms with Gasteiger partial charge in [0.25, 0.3) is 0 Å². The molecule has 0 aromatic heterocycles. The quantitative estimate of drug-likeness (QED) is 0.410. The molecule has 7 heteroatoms. The Balaban J connectivity index is 4.24. The predicted molar refractivity (Wildman–Crippen MR) is 65.4 cm³/mol. The number of carbonyl (C=O) groups is 2. The van der Waals surface area contributed by atoms with Crippen LogP contribution in [0.25, 0.3) is 0 Å². The molecule has 0 heterocycles. The second-order valence-corrected chi connectivity index (χ2v) is 5.68. The van der Waals surface area contributed by atoms with Gasteiger partial charge in [-0.2, -0.15) is 8.42 Å². The lowest BCUT2D eigenvalue weighted by Crippen LogP contribution is -2.28. The molecule has 0 atom stereocenters. The minimum absolute atomic E-state index is 0.00996. The van der Waals surface area contributed by atoms with Crippen molar-refractivity contribution in [1.29, 1.82) is 0 Å². The van der Waals surface area contributed by atoms with Gasteiger partial charge in [0.1, 0.15) is 0 Å². The van der Waals surface area contributed by atoms with Gasteiger partial charge in [-0.3, -0.25) is 14.1 Å². The van der Waals surface area contributed by atoms with Gasteiger partial charge in [-0.25, -0.2) is 4.18 Å². The first kappa shape index (κ1) is 16.9. The standard InChI is InChI=1S/C11H18O6S/c1-8(2)10(13)9(12)6-5-7-11(3,4)17-18(14,15)16/h1,5-7H2,2-4H3,(H,14,15,16). The molecular formula is C11H18O6S. The van der Waals surface area contributed by atoms with Gasteiger partial charge in [0.15, 0.2) is 0 Å². The topological polar surface area (TPSA) is 97.7 Å². The molecule has 0 spiro atoms. The minimum Gasteiger partial charge on any atom is -0.291 e. The molecule has 6 nitrogen and oxygen atoms in total. The summed E-state index contributed by atoms with van der Waals surface area (Å²) in [5, 5.41) is 0. The van der Waals surface area contributed by atoms with Crippen LogP contribution >= 0.6 is 0 Å². The van der Waals surface area contributed by atoms with Crippen molar-refractivity contribution in [2.24, 2.45) is 0 Å². The van der Waals surface area contributed by atoms with E-state index in [9.17, 15) is 18.0 Å². The van der Waals surface area contributed by atoms with Crippen LogP contribution in [0.2, 0.25) is 0 Å². The summed E-state index contributed by atoms with van der Waals surface area (Å²) in [6, 6.07) is 0. The van der Waals surface area contributed by atoms with Crippen LogP contribution in [0.3, 0.4) is 0 Å². The zero-order valence-electron chi connectivity index (χ0n) is 10.7. The summed E-state index contributed by atoms with van der Waals surface area (Å²) < 4.78 is 34.1. The molecule has 0 aromatic carbocycles. The van der Waals surface area contributed by atoms with Crippen molar-refractivity contribution in [2.75, 3.05) is 0 Å². The highest BCUT2D eigenvalue weighted by atomic mass is 32.3. The highest BCUT2D eigenvalue weighted by Gasteiger charge is 2.25. The lowest BCUT2D eigenvalue weighted by atomic mass is 9.98. The van der Waals surface area contributed by atoms with E-state index in [-0.39, 0.29) is 24.8 Å². The minimum atomic E-state index is -4.53. The molecule has 0 bridgehead atoms. The van der Waals surface area contributed by atoms with Crippen molar-refractivity contribution in [3.05, 3.63) is 12.2 Å². The Morgan fingerprint density at radius 3 is 2.22 bits per heavy atom. The van der Waals surface area contributed by atoms with Gasteiger partial charge in [-0.15, -0.1) is 0 Å². The summed E-state index contributed by atoms with van der Waals surface area (Å²) in [5.74, 6) is -1.19. The highest BCUT2D eigenvalue weighted by molar-refractivity contribution is 7.80. The molecular weight excluding hydrogens is 260 g/mol. The molecule has 0 rings (SSSR count). The molecule has 0 radical (unpaired) electrons. The lowest BCUT2D eigenvalue weighted by Gasteiger charge is -2.22. The number of rotatable bonds is 8. The van der Waals surface area contributed by atoms with Gasteiger partial charge in [-0.05, 0) is 39.2 Å². The maximum Gasteiger partial charge on any atom is 0.397 e. The van der Waals surface area contributed by atoms with E-state index in [1.165, 1.54) is 20.8 Å². The Hall–Kier alpha value is -1.05. The molecule has 0 aliphatic rings. The molecule has 0 aliphatic carbocycles. The molecule has 0 aliphatic heterocycles. The Morgan fingerprint density at radius 2 is 1.83 bits per heavy atom. The van der Waals surface area contributed by atoms with Gasteiger partial charge in [0, 0.05) is 6.42 Å². The van der Waals surface area contributed by atoms with Crippen LogP contribution in [0, 0.1) is 0 Å². The van der Waals surface area contributed by atoms with Gasteiger partial charge in [-0.1, -0.05) is 6.58 Å². The number of carbonyl (C=O) groups excluding carboxylic acids is 2. The molecule has 0 saturated heterocycles. The van der Waals surface area contributed by atoms with Gasteiger partial charge < -0.3 is 0 Å². The Labute approximate surface area is 107 Å². The molecule has 18 heavy (non-hydrogen) atoms. The fourth-order valence-electron chi connectivity index (χ4n) is 1.35. The van der Waals surface area contributed by atoms with Crippen molar-refractivity contribution in [1.82, 2.24) is 0 Å². The van der Waals surface area contributed by atoms with Crippen molar-refractivity contribution in [3.63, 3.8) is 0 Å². The fourth-order valence-corrected chi connectivity index (χ4v) is 2.01. The summed E-state index contributed by atoms with van der Waals surface area (Å²) in [7, 11) is -4.53. The Kier molecular flexibility index (Phi) is 5.85. The smallest absolute Gasteiger partial charge is 0.291 e. The first-order valence-electron chi connectivity index (χ1n) is 5.36. The third-order valence-corrected chi connectivity index (χ3v) is 2.82. The van der Waals surface area contributed by atoms with Crippen LogP contribution < -0.4 is 0 Å². The molecule has 0 unspecified atom stereocenters. The largest absolute Gasteiger partial charge is 0.397 e. The summed E-state index contributed by atoms with van der Waals surface area (Å²) in [5.41, 5.74) is -0.950. The van der Waals surface area contributed by atoms with Gasteiger partial charge in [0.2, 0.25) is 11.6 Å². The maximum atomic E-state index is 11.3. The molecule has 0 aromatic rings. The van der Waals surface area contributed by atoms with E-state index < -0.39 is 27.6 Å². The lowest BCUT2D eigenvalue weighted by molar-refractivity contribution is -0.134. The monoisotopic (exact) mass is 278 g/mol. The molecule has 1 N–H and O–H groups in total. The van der Waals surface area contributed by atoms with E-state index in [4.69, 9.17) is 4.55 Å². The second kappa shape index (κ2) is 6.21. The Bertz CT molecular complexity index is 446. The molecule has 0 amide bonds. The molecule has 0 saturated carbocycles. The van der Waals surface area contributed by atoms with E-state index in [1.54, 1.807) is 0 Å². The van der Waals surface area contributed by atoms with Gasteiger partial charge >= 0.3 is 10.4 Å². The number of allylic oxidation sites excluding steroid dienone is 1. The third-order valence-electron chi connectivity index (χ3n) is 2.15.